The quantitative estimate of drug-likeness (QED) is 0.852. The molecular weight excluding hydrogens is 323 g/mol. The van der Waals surface area contributed by atoms with Crippen LogP contribution < -0.4 is 10.6 Å². The monoisotopic (exact) mass is 336 g/mol. The summed E-state index contributed by atoms with van der Waals surface area (Å²) in [5.74, 6) is -0.334. The number of carbonyl (C=O) groups is 1. The molecule has 0 fully saturated rings. The van der Waals surface area contributed by atoms with Gasteiger partial charge in [-0.05, 0) is 48.9 Å². The maximum atomic E-state index is 12.8. The molecule has 104 valence electrons. The number of urea groups is 1. The van der Waals surface area contributed by atoms with Crippen LogP contribution in [-0.2, 0) is 0 Å². The van der Waals surface area contributed by atoms with Gasteiger partial charge in [-0.15, -0.1) is 0 Å². The Morgan fingerprint density at radius 3 is 2.30 bits per heavy atom. The second-order valence-corrected chi connectivity index (χ2v) is 5.29. The van der Waals surface area contributed by atoms with Crippen molar-refractivity contribution in [1.82, 2.24) is 5.32 Å². The Kier molecular flexibility index (Phi) is 4.74. The van der Waals surface area contributed by atoms with E-state index in [2.05, 4.69) is 26.6 Å². The van der Waals surface area contributed by atoms with Crippen molar-refractivity contribution in [2.45, 2.75) is 13.0 Å². The summed E-state index contributed by atoms with van der Waals surface area (Å²) in [7, 11) is 0. The highest BCUT2D eigenvalue weighted by Crippen LogP contribution is 2.16. The van der Waals surface area contributed by atoms with Crippen molar-refractivity contribution in [3.05, 3.63) is 64.4 Å². The fourth-order valence-corrected chi connectivity index (χ4v) is 2.00. The lowest BCUT2D eigenvalue weighted by Crippen LogP contribution is -2.31. The average molecular weight is 337 g/mol. The van der Waals surface area contributed by atoms with Crippen LogP contribution in [0, 0.1) is 5.82 Å². The van der Waals surface area contributed by atoms with E-state index in [0.717, 1.165) is 10.0 Å². The van der Waals surface area contributed by atoms with Crippen LogP contribution in [0.3, 0.4) is 0 Å². The van der Waals surface area contributed by atoms with Crippen LogP contribution in [0.1, 0.15) is 18.5 Å². The number of hydrogen-bond donors (Lipinski definition) is 2. The molecule has 0 aliphatic rings. The number of nitrogens with one attached hydrogen (secondary N) is 2. The molecule has 1 atom stereocenters. The van der Waals surface area contributed by atoms with E-state index in [1.54, 1.807) is 0 Å². The number of benzene rings is 2. The summed E-state index contributed by atoms with van der Waals surface area (Å²) in [5.41, 5.74) is 1.55. The maximum absolute atomic E-state index is 12.8. The maximum Gasteiger partial charge on any atom is 0.319 e. The normalized spacial score (nSPS) is 11.8. The Morgan fingerprint density at radius 1 is 1.10 bits per heavy atom. The van der Waals surface area contributed by atoms with Crippen molar-refractivity contribution in [1.29, 1.82) is 0 Å². The van der Waals surface area contributed by atoms with Gasteiger partial charge in [0.2, 0.25) is 0 Å². The van der Waals surface area contributed by atoms with Crippen molar-refractivity contribution in [3.63, 3.8) is 0 Å². The molecule has 0 saturated heterocycles. The molecule has 0 radical (unpaired) electrons. The first-order valence-corrected chi connectivity index (χ1v) is 6.92. The van der Waals surface area contributed by atoms with Crippen LogP contribution in [0.15, 0.2) is 53.0 Å². The van der Waals surface area contributed by atoms with Crippen LogP contribution in [0.5, 0.6) is 0 Å². The van der Waals surface area contributed by atoms with Crippen LogP contribution in [0.2, 0.25) is 0 Å². The van der Waals surface area contributed by atoms with E-state index in [-0.39, 0.29) is 17.9 Å². The van der Waals surface area contributed by atoms with Gasteiger partial charge in [0.05, 0.1) is 6.04 Å². The highest BCUT2D eigenvalue weighted by Gasteiger charge is 2.09. The smallest absolute Gasteiger partial charge is 0.319 e. The Hall–Kier alpha value is -1.88. The number of carbonyl (C=O) groups excluding carboxylic acids is 1. The summed E-state index contributed by atoms with van der Waals surface area (Å²) < 4.78 is 13.7. The van der Waals surface area contributed by atoms with Crippen LogP contribution in [0.25, 0.3) is 0 Å². The molecule has 0 bridgehead atoms. The standard InChI is InChI=1S/C15H14BrFN2O/c1-10(11-2-4-12(16)5-3-11)18-15(20)19-14-8-6-13(17)7-9-14/h2-10H,1H3,(H2,18,19,20)/t10-/m1/s1. The average Bonchev–Trinajstić information content (AvgIpc) is 2.42. The van der Waals surface area contributed by atoms with Gasteiger partial charge >= 0.3 is 6.03 Å². The molecule has 0 heterocycles. The van der Waals surface area contributed by atoms with Gasteiger partial charge in [-0.2, -0.15) is 0 Å². The second-order valence-electron chi connectivity index (χ2n) is 4.38. The SMILES string of the molecule is C[C@@H](NC(=O)Nc1ccc(F)cc1)c1ccc(Br)cc1. The second kappa shape index (κ2) is 6.52. The lowest BCUT2D eigenvalue weighted by molar-refractivity contribution is 0.249. The molecule has 20 heavy (non-hydrogen) atoms. The Bertz CT molecular complexity index is 584. The van der Waals surface area contributed by atoms with E-state index in [9.17, 15) is 9.18 Å². The molecule has 2 aromatic carbocycles. The summed E-state index contributed by atoms with van der Waals surface area (Å²) in [6.07, 6.45) is 0. The highest BCUT2D eigenvalue weighted by atomic mass is 79.9. The van der Waals surface area contributed by atoms with Gasteiger partial charge in [-0.1, -0.05) is 28.1 Å². The molecule has 2 N–H and O–H groups in total. The summed E-state index contributed by atoms with van der Waals surface area (Å²) in [4.78, 5) is 11.8. The minimum atomic E-state index is -0.334. The molecular formula is C15H14BrFN2O. The Morgan fingerprint density at radius 2 is 1.70 bits per heavy atom. The zero-order valence-corrected chi connectivity index (χ0v) is 12.4. The van der Waals surface area contributed by atoms with Crippen molar-refractivity contribution < 1.29 is 9.18 Å². The highest BCUT2D eigenvalue weighted by molar-refractivity contribution is 9.10. The Labute approximate surface area is 125 Å². The molecule has 3 nitrogen and oxygen atoms in total. The van der Waals surface area contributed by atoms with Crippen molar-refractivity contribution >= 4 is 27.6 Å². The van der Waals surface area contributed by atoms with E-state index in [4.69, 9.17) is 0 Å². The minimum absolute atomic E-state index is 0.122. The fourth-order valence-electron chi connectivity index (χ4n) is 1.73. The zero-order chi connectivity index (χ0) is 14.5. The number of anilines is 1. The molecule has 2 amide bonds. The van der Waals surface area contributed by atoms with Crippen molar-refractivity contribution in [3.8, 4) is 0 Å². The minimum Gasteiger partial charge on any atom is -0.331 e. The molecule has 0 aliphatic carbocycles. The third-order valence-corrected chi connectivity index (χ3v) is 3.35. The molecule has 0 aliphatic heterocycles. The molecule has 2 rings (SSSR count). The zero-order valence-electron chi connectivity index (χ0n) is 10.9. The van der Waals surface area contributed by atoms with Gasteiger partial charge < -0.3 is 10.6 Å². The molecule has 5 heteroatoms. The molecule has 0 saturated carbocycles. The van der Waals surface area contributed by atoms with E-state index < -0.39 is 0 Å². The predicted octanol–water partition coefficient (Wildman–Crippen LogP) is 4.47. The molecule has 0 spiro atoms. The van der Waals surface area contributed by atoms with Gasteiger partial charge in [0.15, 0.2) is 0 Å². The number of hydrogen-bond acceptors (Lipinski definition) is 1. The van der Waals surface area contributed by atoms with Gasteiger partial charge in [0, 0.05) is 10.2 Å². The predicted molar refractivity (Wildman–Crippen MR) is 81.1 cm³/mol. The third kappa shape index (κ3) is 4.06. The summed E-state index contributed by atoms with van der Waals surface area (Å²) >= 11 is 3.37. The Balaban J connectivity index is 1.93. The van der Waals surface area contributed by atoms with E-state index >= 15 is 0 Å². The topological polar surface area (TPSA) is 41.1 Å². The van der Waals surface area contributed by atoms with Gasteiger partial charge in [-0.25, -0.2) is 9.18 Å². The van der Waals surface area contributed by atoms with Gasteiger partial charge in [-0.3, -0.25) is 0 Å². The van der Waals surface area contributed by atoms with Crippen LogP contribution in [0.4, 0.5) is 14.9 Å². The summed E-state index contributed by atoms with van der Waals surface area (Å²) in [6, 6.07) is 12.9. The fraction of sp³-hybridized carbons (Fsp3) is 0.133. The summed E-state index contributed by atoms with van der Waals surface area (Å²) in [5, 5.41) is 5.47. The summed E-state index contributed by atoms with van der Waals surface area (Å²) in [6.45, 7) is 1.90. The van der Waals surface area contributed by atoms with Crippen LogP contribution >= 0.6 is 15.9 Å². The third-order valence-electron chi connectivity index (χ3n) is 2.82. The first-order chi connectivity index (χ1) is 9.54. The number of amides is 2. The lowest BCUT2D eigenvalue weighted by Gasteiger charge is -2.15. The number of rotatable bonds is 3. The van der Waals surface area contributed by atoms with Gasteiger partial charge in [0.1, 0.15) is 5.82 Å². The molecule has 0 unspecified atom stereocenters. The van der Waals surface area contributed by atoms with E-state index in [1.807, 2.05) is 31.2 Å². The first kappa shape index (κ1) is 14.5. The van der Waals surface area contributed by atoms with Crippen LogP contribution in [-0.4, -0.2) is 6.03 Å². The first-order valence-electron chi connectivity index (χ1n) is 6.13. The van der Waals surface area contributed by atoms with E-state index in [0.29, 0.717) is 5.69 Å². The largest absolute Gasteiger partial charge is 0.331 e. The molecule has 2 aromatic rings. The number of halogens is 2. The van der Waals surface area contributed by atoms with E-state index in [1.165, 1.54) is 24.3 Å². The van der Waals surface area contributed by atoms with Gasteiger partial charge in [0.25, 0.3) is 0 Å². The lowest BCUT2D eigenvalue weighted by atomic mass is 10.1. The van der Waals surface area contributed by atoms with Crippen molar-refractivity contribution in [2.75, 3.05) is 5.32 Å². The van der Waals surface area contributed by atoms with Crippen molar-refractivity contribution in [2.24, 2.45) is 0 Å². The molecule has 0 aromatic heterocycles.